The second kappa shape index (κ2) is 4.56. The predicted octanol–water partition coefficient (Wildman–Crippen LogP) is 3.22. The van der Waals surface area contributed by atoms with Crippen LogP contribution in [0.4, 0.5) is 13.2 Å². The molecule has 0 fully saturated rings. The van der Waals surface area contributed by atoms with Crippen molar-refractivity contribution in [3.05, 3.63) is 50.9 Å². The molecule has 0 aliphatic rings. The molecule has 0 saturated heterocycles. The number of rotatable bonds is 1. The third-order valence-electron chi connectivity index (χ3n) is 2.22. The first-order valence-electron chi connectivity index (χ1n) is 4.80. The van der Waals surface area contributed by atoms with Crippen LogP contribution < -0.4 is 5.56 Å². The fraction of sp³-hybridized carbons (Fsp3) is 0.0909. The van der Waals surface area contributed by atoms with Crippen molar-refractivity contribution in [3.8, 4) is 11.4 Å². The van der Waals surface area contributed by atoms with Gasteiger partial charge in [0.15, 0.2) is 0 Å². The lowest BCUT2D eigenvalue weighted by Crippen LogP contribution is -2.10. The largest absolute Gasteiger partial charge is 0.416 e. The number of aromatic nitrogens is 2. The number of halogens is 4. The molecule has 0 amide bonds. The summed E-state index contributed by atoms with van der Waals surface area (Å²) in [5.41, 5.74) is -1.03. The molecule has 1 aromatic heterocycles. The number of nitrogens with zero attached hydrogens (tertiary/aromatic N) is 1. The van der Waals surface area contributed by atoms with Crippen molar-refractivity contribution >= 4 is 15.9 Å². The van der Waals surface area contributed by atoms with Gasteiger partial charge < -0.3 is 4.98 Å². The molecule has 0 bridgehead atoms. The van der Waals surface area contributed by atoms with Gasteiger partial charge >= 0.3 is 6.18 Å². The number of hydrogen-bond donors (Lipinski definition) is 1. The zero-order valence-electron chi connectivity index (χ0n) is 8.75. The number of benzene rings is 1. The summed E-state index contributed by atoms with van der Waals surface area (Å²) in [5.74, 6) is 0.0919. The van der Waals surface area contributed by atoms with E-state index in [1.807, 2.05) is 0 Å². The molecule has 2 aromatic rings. The zero-order chi connectivity index (χ0) is 13.3. The molecule has 1 heterocycles. The molecule has 94 valence electrons. The van der Waals surface area contributed by atoms with E-state index in [-0.39, 0.29) is 15.9 Å². The van der Waals surface area contributed by atoms with Gasteiger partial charge in [0.05, 0.1) is 5.56 Å². The molecular formula is C11H6BrF3N2O. The van der Waals surface area contributed by atoms with Crippen molar-refractivity contribution in [1.29, 1.82) is 0 Å². The standard InChI is InChI=1S/C11H6BrF3N2O/c12-8-5-16-9(17-10(8)18)6-2-1-3-7(4-6)11(13,14)15/h1-5H,(H,16,17,18). The minimum atomic E-state index is -4.42. The monoisotopic (exact) mass is 318 g/mol. The second-order valence-electron chi connectivity index (χ2n) is 3.49. The van der Waals surface area contributed by atoms with E-state index in [0.717, 1.165) is 12.1 Å². The fourth-order valence-electron chi connectivity index (χ4n) is 1.37. The Kier molecular flexibility index (Phi) is 3.25. The first kappa shape index (κ1) is 12.8. The Hall–Kier alpha value is -1.63. The number of hydrogen-bond acceptors (Lipinski definition) is 2. The molecule has 18 heavy (non-hydrogen) atoms. The van der Waals surface area contributed by atoms with Crippen LogP contribution in [0.25, 0.3) is 11.4 Å². The molecule has 0 radical (unpaired) electrons. The van der Waals surface area contributed by atoms with E-state index in [9.17, 15) is 18.0 Å². The van der Waals surface area contributed by atoms with Crippen molar-refractivity contribution in [2.75, 3.05) is 0 Å². The van der Waals surface area contributed by atoms with E-state index < -0.39 is 17.3 Å². The van der Waals surface area contributed by atoms with Crippen molar-refractivity contribution in [2.24, 2.45) is 0 Å². The minimum Gasteiger partial charge on any atom is -0.306 e. The first-order valence-corrected chi connectivity index (χ1v) is 5.59. The maximum Gasteiger partial charge on any atom is 0.416 e. The summed E-state index contributed by atoms with van der Waals surface area (Å²) in [7, 11) is 0. The Morgan fingerprint density at radius 1 is 1.28 bits per heavy atom. The van der Waals surface area contributed by atoms with E-state index in [4.69, 9.17) is 0 Å². The smallest absolute Gasteiger partial charge is 0.306 e. The summed E-state index contributed by atoms with van der Waals surface area (Å²) in [6.45, 7) is 0. The summed E-state index contributed by atoms with van der Waals surface area (Å²) in [6.07, 6.45) is -3.18. The lowest BCUT2D eigenvalue weighted by Gasteiger charge is -2.08. The van der Waals surface area contributed by atoms with Crippen LogP contribution in [0, 0.1) is 0 Å². The van der Waals surface area contributed by atoms with Crippen LogP contribution >= 0.6 is 15.9 Å². The second-order valence-corrected chi connectivity index (χ2v) is 4.34. The third-order valence-corrected chi connectivity index (χ3v) is 2.78. The quantitative estimate of drug-likeness (QED) is 0.877. The Morgan fingerprint density at radius 3 is 2.61 bits per heavy atom. The highest BCUT2D eigenvalue weighted by Gasteiger charge is 2.30. The molecule has 0 aliphatic carbocycles. The fourth-order valence-corrected chi connectivity index (χ4v) is 1.57. The molecule has 7 heteroatoms. The predicted molar refractivity (Wildman–Crippen MR) is 63.0 cm³/mol. The molecule has 0 aliphatic heterocycles. The summed E-state index contributed by atoms with van der Waals surface area (Å²) in [4.78, 5) is 17.6. The van der Waals surface area contributed by atoms with Gasteiger partial charge in [-0.15, -0.1) is 0 Å². The van der Waals surface area contributed by atoms with Crippen LogP contribution in [0.1, 0.15) is 5.56 Å². The molecule has 3 nitrogen and oxygen atoms in total. The first-order chi connectivity index (χ1) is 8.38. The average molecular weight is 319 g/mol. The molecular weight excluding hydrogens is 313 g/mol. The van der Waals surface area contributed by atoms with E-state index >= 15 is 0 Å². The van der Waals surface area contributed by atoms with Gasteiger partial charge in [-0.25, -0.2) is 4.98 Å². The number of H-pyrrole nitrogens is 1. The SMILES string of the molecule is O=c1[nH]c(-c2cccc(C(F)(F)F)c2)ncc1Br. The maximum absolute atomic E-state index is 12.5. The molecule has 0 unspecified atom stereocenters. The van der Waals surface area contributed by atoms with Crippen molar-refractivity contribution in [2.45, 2.75) is 6.18 Å². The Balaban J connectivity index is 2.51. The summed E-state index contributed by atoms with van der Waals surface area (Å²) >= 11 is 2.96. The van der Waals surface area contributed by atoms with Crippen LogP contribution in [-0.2, 0) is 6.18 Å². The third kappa shape index (κ3) is 2.61. The molecule has 0 spiro atoms. The van der Waals surface area contributed by atoms with Gasteiger partial charge in [-0.1, -0.05) is 12.1 Å². The van der Waals surface area contributed by atoms with Crippen LogP contribution in [0.5, 0.6) is 0 Å². The highest BCUT2D eigenvalue weighted by atomic mass is 79.9. The highest BCUT2D eigenvalue weighted by molar-refractivity contribution is 9.10. The van der Waals surface area contributed by atoms with Gasteiger partial charge in [-0.3, -0.25) is 4.79 Å². The van der Waals surface area contributed by atoms with E-state index in [1.54, 1.807) is 0 Å². The molecule has 1 N–H and O–H groups in total. The normalized spacial score (nSPS) is 11.6. The average Bonchev–Trinajstić information content (AvgIpc) is 2.32. The minimum absolute atomic E-state index is 0.0919. The van der Waals surface area contributed by atoms with Crippen molar-refractivity contribution < 1.29 is 13.2 Å². The molecule has 2 rings (SSSR count). The lowest BCUT2D eigenvalue weighted by atomic mass is 10.1. The van der Waals surface area contributed by atoms with Crippen molar-refractivity contribution in [3.63, 3.8) is 0 Å². The van der Waals surface area contributed by atoms with Gasteiger partial charge in [0, 0.05) is 11.8 Å². The highest BCUT2D eigenvalue weighted by Crippen LogP contribution is 2.31. The summed E-state index contributed by atoms with van der Waals surface area (Å²) in [6, 6.07) is 4.61. The number of nitrogens with one attached hydrogen (secondary N) is 1. The summed E-state index contributed by atoms with van der Waals surface area (Å²) < 4.78 is 37.8. The topological polar surface area (TPSA) is 45.8 Å². The van der Waals surface area contributed by atoms with E-state index in [0.29, 0.717) is 0 Å². The van der Waals surface area contributed by atoms with Crippen molar-refractivity contribution in [1.82, 2.24) is 9.97 Å². The van der Waals surface area contributed by atoms with Gasteiger partial charge in [0.1, 0.15) is 10.3 Å². The zero-order valence-corrected chi connectivity index (χ0v) is 10.3. The van der Waals surface area contributed by atoms with Crippen LogP contribution in [0.15, 0.2) is 39.7 Å². The molecule has 0 saturated carbocycles. The Morgan fingerprint density at radius 2 is 2.00 bits per heavy atom. The number of aromatic amines is 1. The Labute approximate surface area is 108 Å². The van der Waals surface area contributed by atoms with E-state index in [2.05, 4.69) is 25.9 Å². The van der Waals surface area contributed by atoms with Crippen LogP contribution in [0.3, 0.4) is 0 Å². The van der Waals surface area contributed by atoms with Crippen LogP contribution in [0.2, 0.25) is 0 Å². The van der Waals surface area contributed by atoms with E-state index in [1.165, 1.54) is 18.3 Å². The van der Waals surface area contributed by atoms with Gasteiger partial charge in [0.2, 0.25) is 0 Å². The summed E-state index contributed by atoms with van der Waals surface area (Å²) in [5, 5.41) is 0. The molecule has 0 atom stereocenters. The van der Waals surface area contributed by atoms with Gasteiger partial charge in [-0.2, -0.15) is 13.2 Å². The van der Waals surface area contributed by atoms with Gasteiger partial charge in [0.25, 0.3) is 5.56 Å². The number of alkyl halides is 3. The van der Waals surface area contributed by atoms with Gasteiger partial charge in [-0.05, 0) is 28.1 Å². The molecule has 1 aromatic carbocycles. The maximum atomic E-state index is 12.5. The van der Waals surface area contributed by atoms with Crippen LogP contribution in [-0.4, -0.2) is 9.97 Å². The Bertz CT molecular complexity index is 637. The lowest BCUT2D eigenvalue weighted by molar-refractivity contribution is -0.137.